The third-order valence-corrected chi connectivity index (χ3v) is 6.43. The van der Waals surface area contributed by atoms with Gasteiger partial charge in [0.25, 0.3) is 0 Å². The Morgan fingerprint density at radius 2 is 1.03 bits per heavy atom. The molecule has 0 radical (unpaired) electrons. The number of aromatic nitrogens is 1. The minimum atomic E-state index is 0. The van der Waals surface area contributed by atoms with E-state index in [2.05, 4.69) is 131 Å². The van der Waals surface area contributed by atoms with Gasteiger partial charge in [0, 0.05) is 23.7 Å². The fraction of sp³-hybridized carbons (Fsp3) is 0.424. The molecule has 0 aliphatic carbocycles. The predicted molar refractivity (Wildman–Crippen MR) is 158 cm³/mol. The van der Waals surface area contributed by atoms with Crippen molar-refractivity contribution in [2.45, 2.75) is 92.9 Å². The third kappa shape index (κ3) is 9.49. The van der Waals surface area contributed by atoms with Gasteiger partial charge >= 0.3 is 107 Å². The molecule has 0 atom stereocenters. The molecule has 0 N–H and O–H groups in total. The molecule has 1 aromatic heterocycles. The SMILES string of the molecule is CC(=Nc1c(C(C)C)cccc1C(C)C)c1cccnc1.C[C]([Fe+])=Nc1c(C(C)C)cccc1C(C)C.[Cl-]. The zero-order valence-electron chi connectivity index (χ0n) is 24.7. The largest absolute Gasteiger partial charge is 1.00 e. The number of hydrogen-bond donors (Lipinski definition) is 0. The van der Waals surface area contributed by atoms with Crippen LogP contribution in [0.1, 0.15) is 121 Å². The summed E-state index contributed by atoms with van der Waals surface area (Å²) in [5.74, 6) is 1.92. The smallest absolute Gasteiger partial charge is 1.00 e. The fourth-order valence-electron chi connectivity index (χ4n) is 4.24. The fourth-order valence-corrected chi connectivity index (χ4v) is 4.37. The molecule has 206 valence electrons. The second-order valence-corrected chi connectivity index (χ2v) is 11.5. The van der Waals surface area contributed by atoms with Gasteiger partial charge in [0.2, 0.25) is 0 Å². The second-order valence-electron chi connectivity index (χ2n) is 10.7. The first-order valence-corrected chi connectivity index (χ1v) is 13.9. The van der Waals surface area contributed by atoms with Crippen molar-refractivity contribution in [3.05, 3.63) is 88.7 Å². The van der Waals surface area contributed by atoms with Gasteiger partial charge in [-0.2, -0.15) is 0 Å². The summed E-state index contributed by atoms with van der Waals surface area (Å²) < 4.78 is 0.870. The van der Waals surface area contributed by atoms with E-state index < -0.39 is 0 Å². The molecule has 0 aliphatic heterocycles. The molecule has 0 amide bonds. The molecule has 3 nitrogen and oxygen atoms in total. The topological polar surface area (TPSA) is 37.6 Å². The molecule has 0 saturated carbocycles. The Morgan fingerprint density at radius 3 is 1.34 bits per heavy atom. The standard InChI is InChI=1S/C19H24N2.C14H20N.ClH.Fe/c1-13(2)17-9-6-10-18(14(3)4)19(17)21-15(5)16-8-7-11-20-12-16;1-6-15-14-12(10(2)3)8-7-9-13(14)11(4)5;;/h6-14H,1-5H3;7-11H,1-5H3;1H;/q;;;+1/p-1. The average Bonchev–Trinajstić information content (AvgIpc) is 2.84. The number of rotatable bonds is 7. The van der Waals surface area contributed by atoms with Crippen LogP contribution >= 0.6 is 0 Å². The summed E-state index contributed by atoms with van der Waals surface area (Å²) in [4.78, 5) is 13.7. The van der Waals surface area contributed by atoms with Gasteiger partial charge in [-0.3, -0.25) is 9.98 Å². The summed E-state index contributed by atoms with van der Waals surface area (Å²) in [5.41, 5.74) is 9.59. The number of hydrogen-bond acceptors (Lipinski definition) is 3. The molecule has 38 heavy (non-hydrogen) atoms. The summed E-state index contributed by atoms with van der Waals surface area (Å²) in [6, 6.07) is 17.0. The minimum Gasteiger partial charge on any atom is -1.00 e. The van der Waals surface area contributed by atoms with Crippen LogP contribution in [0.2, 0.25) is 0 Å². The Bertz CT molecular complexity index is 1160. The molecule has 3 aromatic rings. The maximum absolute atomic E-state index is 4.95. The van der Waals surface area contributed by atoms with Gasteiger partial charge < -0.3 is 12.4 Å². The van der Waals surface area contributed by atoms with Crippen molar-refractivity contribution in [1.82, 2.24) is 4.98 Å². The van der Waals surface area contributed by atoms with Crippen molar-refractivity contribution in [2.24, 2.45) is 9.98 Å². The third-order valence-electron chi connectivity index (χ3n) is 6.31. The van der Waals surface area contributed by atoms with Gasteiger partial charge in [0.1, 0.15) is 0 Å². The first kappa shape index (κ1) is 33.8. The Hall–Kier alpha value is -2.26. The van der Waals surface area contributed by atoms with Gasteiger partial charge in [-0.05, 0) is 36.0 Å². The summed E-state index contributed by atoms with van der Waals surface area (Å²) in [7, 11) is 0. The van der Waals surface area contributed by atoms with E-state index in [1.165, 1.54) is 22.3 Å². The maximum atomic E-state index is 4.95. The molecular weight excluding hydrogens is 530 g/mol. The van der Waals surface area contributed by atoms with Gasteiger partial charge in [0.05, 0.1) is 5.69 Å². The zero-order chi connectivity index (χ0) is 27.7. The maximum Gasteiger partial charge on any atom is -1.00 e. The summed E-state index contributed by atoms with van der Waals surface area (Å²) >= 11 is 3.88. The van der Waals surface area contributed by atoms with E-state index >= 15 is 0 Å². The molecule has 0 saturated heterocycles. The van der Waals surface area contributed by atoms with Crippen molar-refractivity contribution in [3.8, 4) is 0 Å². The number of benzene rings is 2. The van der Waals surface area contributed by atoms with Crippen LogP contribution in [0.3, 0.4) is 0 Å². The number of para-hydroxylation sites is 2. The molecule has 0 spiro atoms. The van der Waals surface area contributed by atoms with Crippen LogP contribution in [0.15, 0.2) is 70.9 Å². The Balaban J connectivity index is 0.000000384. The van der Waals surface area contributed by atoms with Crippen LogP contribution in [-0.2, 0) is 16.0 Å². The quantitative estimate of drug-likeness (QED) is 0.221. The van der Waals surface area contributed by atoms with E-state index in [0.717, 1.165) is 27.3 Å². The number of halogens is 1. The Labute approximate surface area is 245 Å². The summed E-state index contributed by atoms with van der Waals surface area (Å²) in [6.45, 7) is 21.7. The summed E-state index contributed by atoms with van der Waals surface area (Å²) in [5, 5.41) is 0. The van der Waals surface area contributed by atoms with Crippen molar-refractivity contribution in [3.63, 3.8) is 0 Å². The zero-order valence-corrected chi connectivity index (χ0v) is 26.5. The van der Waals surface area contributed by atoms with E-state index in [1.54, 1.807) is 6.20 Å². The van der Waals surface area contributed by atoms with Crippen LogP contribution in [0, 0.1) is 0 Å². The van der Waals surface area contributed by atoms with E-state index in [9.17, 15) is 0 Å². The number of pyridine rings is 1. The van der Waals surface area contributed by atoms with Crippen LogP contribution in [0.25, 0.3) is 0 Å². The molecule has 0 fully saturated rings. The van der Waals surface area contributed by atoms with E-state index in [0.29, 0.717) is 23.7 Å². The molecule has 1 heterocycles. The Morgan fingerprint density at radius 1 is 0.632 bits per heavy atom. The molecule has 0 unspecified atom stereocenters. The van der Waals surface area contributed by atoms with Crippen molar-refractivity contribution in [2.75, 3.05) is 0 Å². The van der Waals surface area contributed by atoms with Crippen molar-refractivity contribution in [1.29, 1.82) is 0 Å². The van der Waals surface area contributed by atoms with Crippen LogP contribution in [-0.4, -0.2) is 15.3 Å². The molecule has 0 aliphatic rings. The van der Waals surface area contributed by atoms with Crippen LogP contribution < -0.4 is 12.4 Å². The predicted octanol–water partition coefficient (Wildman–Crippen LogP) is 7.00. The van der Waals surface area contributed by atoms with E-state index in [4.69, 9.17) is 4.99 Å². The first-order valence-electron chi connectivity index (χ1n) is 13.3. The molecular formula is C33H44ClFeN3. The normalized spacial score (nSPS) is 12.1. The minimum absolute atomic E-state index is 0. The van der Waals surface area contributed by atoms with Gasteiger partial charge in [-0.25, -0.2) is 0 Å². The van der Waals surface area contributed by atoms with Gasteiger partial charge in [0.15, 0.2) is 0 Å². The molecule has 0 bridgehead atoms. The molecule has 3 rings (SSSR count). The molecule has 2 aromatic carbocycles. The number of nitrogens with zero attached hydrogens (tertiary/aromatic N) is 3. The number of aliphatic imine (C=N–C) groups is 2. The molecule has 5 heteroatoms. The average molecular weight is 574 g/mol. The van der Waals surface area contributed by atoms with Crippen LogP contribution in [0.4, 0.5) is 11.4 Å². The monoisotopic (exact) mass is 573 g/mol. The van der Waals surface area contributed by atoms with Crippen molar-refractivity contribution >= 4 is 21.7 Å². The first-order chi connectivity index (χ1) is 17.4. The van der Waals surface area contributed by atoms with E-state index in [-0.39, 0.29) is 12.4 Å². The van der Waals surface area contributed by atoms with Crippen LogP contribution in [0.5, 0.6) is 0 Å². The van der Waals surface area contributed by atoms with E-state index in [1.807, 2.05) is 19.2 Å². The Kier molecular flexibility index (Phi) is 14.2. The second kappa shape index (κ2) is 16.0. The van der Waals surface area contributed by atoms with Crippen molar-refractivity contribution < 1.29 is 28.4 Å². The van der Waals surface area contributed by atoms with Gasteiger partial charge in [-0.15, -0.1) is 0 Å². The summed E-state index contributed by atoms with van der Waals surface area (Å²) in [6.07, 6.45) is 3.66. The van der Waals surface area contributed by atoms with Gasteiger partial charge in [-0.1, -0.05) is 52.0 Å².